The Morgan fingerprint density at radius 2 is 1.56 bits per heavy atom. The van der Waals surface area contributed by atoms with Gasteiger partial charge in [0.2, 0.25) is 5.75 Å². The van der Waals surface area contributed by atoms with Gasteiger partial charge in [-0.25, -0.2) is 0 Å². The fourth-order valence-electron chi connectivity index (χ4n) is 5.19. The molecule has 1 N–H and O–H groups in total. The minimum atomic E-state index is -0.856. The third-order valence-electron chi connectivity index (χ3n) is 7.19. The van der Waals surface area contributed by atoms with Crippen molar-refractivity contribution in [3.05, 3.63) is 52.6 Å². The molecule has 10 nitrogen and oxygen atoms in total. The first-order valence-corrected chi connectivity index (χ1v) is 12.9. The predicted molar refractivity (Wildman–Crippen MR) is 145 cm³/mol. The number of carbonyl (C=O) groups excluding carboxylic acids is 2. The predicted octanol–water partition coefficient (Wildman–Crippen LogP) is 3.17. The van der Waals surface area contributed by atoms with Gasteiger partial charge in [-0.1, -0.05) is 0 Å². The Balaban J connectivity index is 1.80. The molecule has 1 atom stereocenters. The molecule has 10 heteroatoms. The summed E-state index contributed by atoms with van der Waals surface area (Å²) in [7, 11) is 6.07. The first-order chi connectivity index (χ1) is 18.8. The van der Waals surface area contributed by atoms with Crippen LogP contribution in [0.15, 0.2) is 35.9 Å². The van der Waals surface area contributed by atoms with Crippen LogP contribution in [-0.2, 0) is 14.3 Å². The fourth-order valence-corrected chi connectivity index (χ4v) is 5.19. The molecule has 0 bridgehead atoms. The number of amides is 1. The lowest BCUT2D eigenvalue weighted by atomic mass is 9.94. The zero-order valence-electron chi connectivity index (χ0n) is 23.1. The number of ether oxygens (including phenoxy) is 5. The number of hydrogen-bond donors (Lipinski definition) is 1. The van der Waals surface area contributed by atoms with Gasteiger partial charge in [-0.3, -0.25) is 14.5 Å². The Hall–Kier alpha value is -3.76. The molecule has 2 saturated heterocycles. The lowest BCUT2D eigenvalue weighted by molar-refractivity contribution is -0.140. The van der Waals surface area contributed by atoms with E-state index in [-0.39, 0.29) is 11.3 Å². The number of aliphatic hydroxyl groups is 1. The molecule has 2 aliphatic heterocycles. The van der Waals surface area contributed by atoms with Crippen LogP contribution in [-0.4, -0.2) is 94.4 Å². The summed E-state index contributed by atoms with van der Waals surface area (Å²) in [5.74, 6) is 0.134. The smallest absolute Gasteiger partial charge is 0.295 e. The standard InChI is InChI=1S/C29H36N2O8/c1-18-15-19(7-8-21(18)35-2)26(32)24-25(20-16-22(36-3)28(38-5)23(17-20)37-4)31(29(34)27(24)33)10-6-9-30-11-13-39-14-12-30/h7-8,15-17,25,32H,6,9-14H2,1-5H3/t25-/m0/s1. The highest BCUT2D eigenvalue weighted by atomic mass is 16.5. The van der Waals surface area contributed by atoms with E-state index in [4.69, 9.17) is 23.7 Å². The number of morpholine rings is 1. The summed E-state index contributed by atoms with van der Waals surface area (Å²) in [5.41, 5.74) is 1.76. The van der Waals surface area contributed by atoms with Gasteiger partial charge in [-0.15, -0.1) is 0 Å². The number of aryl methyl sites for hydroxylation is 1. The van der Waals surface area contributed by atoms with E-state index in [0.29, 0.717) is 60.3 Å². The Bertz CT molecular complexity index is 1230. The quantitative estimate of drug-likeness (QED) is 0.276. The fraction of sp³-hybridized carbons (Fsp3) is 0.448. The second kappa shape index (κ2) is 12.4. The molecule has 0 aromatic heterocycles. The molecule has 2 heterocycles. The van der Waals surface area contributed by atoms with E-state index in [1.165, 1.54) is 26.2 Å². The highest BCUT2D eigenvalue weighted by Crippen LogP contribution is 2.46. The Kier molecular flexibility index (Phi) is 8.98. The van der Waals surface area contributed by atoms with Crippen LogP contribution < -0.4 is 18.9 Å². The molecule has 0 saturated carbocycles. The average Bonchev–Trinajstić information content (AvgIpc) is 3.21. The maximum atomic E-state index is 13.5. The van der Waals surface area contributed by atoms with Crippen molar-refractivity contribution in [1.29, 1.82) is 0 Å². The first kappa shape index (κ1) is 28.3. The van der Waals surface area contributed by atoms with Crippen molar-refractivity contribution < 1.29 is 38.4 Å². The first-order valence-electron chi connectivity index (χ1n) is 12.9. The summed E-state index contributed by atoms with van der Waals surface area (Å²) < 4.78 is 27.3. The van der Waals surface area contributed by atoms with Crippen LogP contribution in [0.5, 0.6) is 23.0 Å². The van der Waals surface area contributed by atoms with E-state index < -0.39 is 17.7 Å². The number of carbonyl (C=O) groups is 2. The Morgan fingerprint density at radius 3 is 2.13 bits per heavy atom. The van der Waals surface area contributed by atoms with E-state index in [0.717, 1.165) is 25.2 Å². The summed E-state index contributed by atoms with van der Waals surface area (Å²) >= 11 is 0. The van der Waals surface area contributed by atoms with E-state index in [1.54, 1.807) is 37.4 Å². The van der Waals surface area contributed by atoms with Crippen LogP contribution in [0, 0.1) is 6.92 Å². The second-order valence-electron chi connectivity index (χ2n) is 9.44. The highest BCUT2D eigenvalue weighted by molar-refractivity contribution is 6.46. The molecule has 0 aliphatic carbocycles. The van der Waals surface area contributed by atoms with Crippen molar-refractivity contribution >= 4 is 17.4 Å². The summed E-state index contributed by atoms with van der Waals surface area (Å²) in [6.07, 6.45) is 0.648. The average molecular weight is 541 g/mol. The zero-order valence-corrected chi connectivity index (χ0v) is 23.1. The number of likely N-dealkylation sites (tertiary alicyclic amines) is 1. The number of hydrogen-bond acceptors (Lipinski definition) is 9. The molecule has 2 aliphatic rings. The molecule has 0 radical (unpaired) electrons. The second-order valence-corrected chi connectivity index (χ2v) is 9.44. The van der Waals surface area contributed by atoms with Gasteiger partial charge < -0.3 is 33.7 Å². The largest absolute Gasteiger partial charge is 0.507 e. The summed E-state index contributed by atoms with van der Waals surface area (Å²) in [6.45, 7) is 5.93. The van der Waals surface area contributed by atoms with Crippen LogP contribution >= 0.6 is 0 Å². The maximum Gasteiger partial charge on any atom is 0.295 e. The third-order valence-corrected chi connectivity index (χ3v) is 7.19. The van der Waals surface area contributed by atoms with E-state index in [1.807, 2.05) is 6.92 Å². The molecule has 210 valence electrons. The molecule has 2 aromatic carbocycles. The number of rotatable bonds is 10. The van der Waals surface area contributed by atoms with Crippen molar-refractivity contribution in [2.75, 3.05) is 67.8 Å². The van der Waals surface area contributed by atoms with Crippen LogP contribution in [0.2, 0.25) is 0 Å². The van der Waals surface area contributed by atoms with Gasteiger partial charge in [0.1, 0.15) is 11.5 Å². The third kappa shape index (κ3) is 5.67. The molecule has 39 heavy (non-hydrogen) atoms. The minimum Gasteiger partial charge on any atom is -0.507 e. The topological polar surface area (TPSA) is 107 Å². The van der Waals surface area contributed by atoms with Gasteiger partial charge in [0.25, 0.3) is 11.7 Å². The van der Waals surface area contributed by atoms with Gasteiger partial charge >= 0.3 is 0 Å². The SMILES string of the molecule is COc1ccc(C(O)=C2C(=O)C(=O)N(CCCN3CCOCC3)[C@H]2c2cc(OC)c(OC)c(OC)c2)cc1C. The van der Waals surface area contributed by atoms with Crippen molar-refractivity contribution in [3.63, 3.8) is 0 Å². The number of ketones is 1. The monoisotopic (exact) mass is 540 g/mol. The van der Waals surface area contributed by atoms with Gasteiger partial charge in [0, 0.05) is 31.7 Å². The van der Waals surface area contributed by atoms with Gasteiger partial charge in [-0.05, 0) is 54.8 Å². The normalized spacial score (nSPS) is 19.3. The number of aliphatic hydroxyl groups excluding tert-OH is 1. The lowest BCUT2D eigenvalue weighted by Crippen LogP contribution is -2.39. The van der Waals surface area contributed by atoms with Crippen molar-refractivity contribution in [1.82, 2.24) is 9.80 Å². The number of nitrogens with zero attached hydrogens (tertiary/aromatic N) is 2. The molecule has 0 unspecified atom stereocenters. The summed E-state index contributed by atoms with van der Waals surface area (Å²) in [6, 6.07) is 7.67. The van der Waals surface area contributed by atoms with Crippen molar-refractivity contribution in [2.24, 2.45) is 0 Å². The molecular formula is C29H36N2O8. The van der Waals surface area contributed by atoms with Crippen molar-refractivity contribution in [3.8, 4) is 23.0 Å². The Labute approximate surface area is 228 Å². The number of benzene rings is 2. The van der Waals surface area contributed by atoms with E-state index in [2.05, 4.69) is 4.90 Å². The van der Waals surface area contributed by atoms with Crippen molar-refractivity contribution in [2.45, 2.75) is 19.4 Å². The summed E-state index contributed by atoms with van der Waals surface area (Å²) in [4.78, 5) is 30.7. The number of methoxy groups -OCH3 is 4. The molecule has 0 spiro atoms. The minimum absolute atomic E-state index is 0.00483. The Morgan fingerprint density at radius 1 is 0.923 bits per heavy atom. The van der Waals surface area contributed by atoms with Crippen LogP contribution in [0.25, 0.3) is 5.76 Å². The molecule has 2 aromatic rings. The lowest BCUT2D eigenvalue weighted by Gasteiger charge is -2.29. The zero-order chi connectivity index (χ0) is 28.1. The summed E-state index contributed by atoms with van der Waals surface area (Å²) in [5, 5.41) is 11.5. The molecule has 1 amide bonds. The van der Waals surface area contributed by atoms with E-state index in [9.17, 15) is 14.7 Å². The van der Waals surface area contributed by atoms with Gasteiger partial charge in [0.15, 0.2) is 11.5 Å². The molecular weight excluding hydrogens is 504 g/mol. The van der Waals surface area contributed by atoms with Gasteiger partial charge in [0.05, 0.1) is 53.3 Å². The van der Waals surface area contributed by atoms with Gasteiger partial charge in [-0.2, -0.15) is 0 Å². The van der Waals surface area contributed by atoms with E-state index >= 15 is 0 Å². The van der Waals surface area contributed by atoms with Crippen LogP contribution in [0.4, 0.5) is 0 Å². The van der Waals surface area contributed by atoms with Crippen LogP contribution in [0.1, 0.15) is 29.2 Å². The molecule has 4 rings (SSSR count). The maximum absolute atomic E-state index is 13.5. The van der Waals surface area contributed by atoms with Crippen LogP contribution in [0.3, 0.4) is 0 Å². The molecule has 2 fully saturated rings. The highest BCUT2D eigenvalue weighted by Gasteiger charge is 2.46. The number of Topliss-reactive ketones (excluding diaryl/α,β-unsaturated/α-hetero) is 1.